The summed E-state index contributed by atoms with van der Waals surface area (Å²) in [4.78, 5) is 25.6. The number of aromatic carboxylic acids is 1. The summed E-state index contributed by atoms with van der Waals surface area (Å²) in [6, 6.07) is 11.2. The van der Waals surface area contributed by atoms with Gasteiger partial charge in [0.25, 0.3) is 0 Å². The Bertz CT molecular complexity index is 1050. The third-order valence-corrected chi connectivity index (χ3v) is 5.44. The van der Waals surface area contributed by atoms with Crippen molar-refractivity contribution in [3.63, 3.8) is 0 Å². The van der Waals surface area contributed by atoms with E-state index >= 15 is 0 Å². The van der Waals surface area contributed by atoms with Crippen LogP contribution in [0.2, 0.25) is 0 Å². The fraction of sp³-hybridized carbons (Fsp3) is 0.318. The number of carbonyl (C=O) groups is 1. The topological polar surface area (TPSA) is 69.6 Å². The van der Waals surface area contributed by atoms with E-state index in [-0.39, 0.29) is 17.4 Å². The zero-order valence-corrected chi connectivity index (χ0v) is 16.5. The molecule has 1 atom stereocenters. The summed E-state index contributed by atoms with van der Waals surface area (Å²) in [6.07, 6.45) is 0. The Kier molecular flexibility index (Phi) is 5.15. The van der Waals surface area contributed by atoms with E-state index in [0.717, 1.165) is 31.7 Å². The molecule has 1 aliphatic heterocycles. The van der Waals surface area contributed by atoms with Gasteiger partial charge in [-0.05, 0) is 55.9 Å². The monoisotopic (exact) mass is 394 g/mol. The van der Waals surface area contributed by atoms with Crippen molar-refractivity contribution >= 4 is 22.8 Å². The Balaban J connectivity index is 1.87. The van der Waals surface area contributed by atoms with Gasteiger partial charge in [-0.15, -0.1) is 0 Å². The van der Waals surface area contributed by atoms with E-state index in [2.05, 4.69) is 23.6 Å². The SMILES string of the molecule is CCN1CCN(c2nc3cc(C(=O)O)ccc3nc2-c2ccc(F)cc2)C(C)C1. The van der Waals surface area contributed by atoms with Gasteiger partial charge in [-0.1, -0.05) is 6.92 Å². The first kappa shape index (κ1) is 19.3. The van der Waals surface area contributed by atoms with E-state index in [1.807, 2.05) is 0 Å². The first-order chi connectivity index (χ1) is 14.0. The number of anilines is 1. The van der Waals surface area contributed by atoms with Crippen LogP contribution >= 0.6 is 0 Å². The van der Waals surface area contributed by atoms with Gasteiger partial charge in [0, 0.05) is 31.2 Å². The molecule has 3 aromatic rings. The van der Waals surface area contributed by atoms with Gasteiger partial charge in [-0.25, -0.2) is 19.2 Å². The standard InChI is InChI=1S/C22H23FN4O2/c1-3-26-10-11-27(14(2)13-26)21-20(15-4-7-17(23)8-5-15)24-18-9-6-16(22(28)29)12-19(18)25-21/h4-9,12,14H,3,10-11,13H2,1-2H3,(H,28,29). The maximum absolute atomic E-state index is 13.5. The van der Waals surface area contributed by atoms with Crippen LogP contribution in [0.15, 0.2) is 42.5 Å². The number of hydrogen-bond donors (Lipinski definition) is 1. The zero-order chi connectivity index (χ0) is 20.5. The van der Waals surface area contributed by atoms with Crippen LogP contribution in [0.3, 0.4) is 0 Å². The lowest BCUT2D eigenvalue weighted by atomic mass is 10.1. The summed E-state index contributed by atoms with van der Waals surface area (Å²) in [7, 11) is 0. The number of hydrogen-bond acceptors (Lipinski definition) is 5. The first-order valence-electron chi connectivity index (χ1n) is 9.76. The van der Waals surface area contributed by atoms with Gasteiger partial charge >= 0.3 is 5.97 Å². The summed E-state index contributed by atoms with van der Waals surface area (Å²) >= 11 is 0. The molecule has 0 radical (unpaired) electrons. The number of rotatable bonds is 4. The number of piperazine rings is 1. The molecular formula is C22H23FN4O2. The van der Waals surface area contributed by atoms with Gasteiger partial charge < -0.3 is 10.0 Å². The fourth-order valence-corrected chi connectivity index (χ4v) is 3.81. The molecular weight excluding hydrogens is 371 g/mol. The van der Waals surface area contributed by atoms with Crippen molar-refractivity contribution in [3.05, 3.63) is 53.8 Å². The number of carboxylic acids is 1. The quantitative estimate of drug-likeness (QED) is 0.728. The minimum atomic E-state index is -0.997. The molecule has 0 aliphatic carbocycles. The van der Waals surface area contributed by atoms with Crippen LogP contribution < -0.4 is 4.90 Å². The third-order valence-electron chi connectivity index (χ3n) is 5.44. The second-order valence-corrected chi connectivity index (χ2v) is 7.35. The Hall–Kier alpha value is -3.06. The molecule has 6 nitrogen and oxygen atoms in total. The molecule has 150 valence electrons. The predicted molar refractivity (Wildman–Crippen MR) is 111 cm³/mol. The van der Waals surface area contributed by atoms with E-state index in [1.165, 1.54) is 18.2 Å². The highest BCUT2D eigenvalue weighted by Crippen LogP contribution is 2.32. The maximum Gasteiger partial charge on any atom is 0.335 e. The van der Waals surface area contributed by atoms with Crippen molar-refractivity contribution in [2.45, 2.75) is 19.9 Å². The second-order valence-electron chi connectivity index (χ2n) is 7.35. The van der Waals surface area contributed by atoms with Crippen molar-refractivity contribution < 1.29 is 14.3 Å². The van der Waals surface area contributed by atoms with Crippen LogP contribution in [0.4, 0.5) is 10.2 Å². The smallest absolute Gasteiger partial charge is 0.335 e. The third kappa shape index (κ3) is 3.78. The molecule has 7 heteroatoms. The van der Waals surface area contributed by atoms with Crippen molar-refractivity contribution in [2.24, 2.45) is 0 Å². The molecule has 0 saturated carbocycles. The first-order valence-corrected chi connectivity index (χ1v) is 9.76. The lowest BCUT2D eigenvalue weighted by Gasteiger charge is -2.40. The normalized spacial score (nSPS) is 17.6. The molecule has 2 heterocycles. The van der Waals surface area contributed by atoms with Gasteiger partial charge in [0.1, 0.15) is 11.5 Å². The Morgan fingerprint density at radius 3 is 2.55 bits per heavy atom. The summed E-state index contributed by atoms with van der Waals surface area (Å²) in [6.45, 7) is 7.91. The molecule has 1 aromatic heterocycles. The molecule has 0 spiro atoms. The van der Waals surface area contributed by atoms with Gasteiger partial charge in [0.15, 0.2) is 5.82 Å². The molecule has 4 rings (SSSR count). The van der Waals surface area contributed by atoms with E-state index in [1.54, 1.807) is 24.3 Å². The highest BCUT2D eigenvalue weighted by atomic mass is 19.1. The highest BCUT2D eigenvalue weighted by Gasteiger charge is 2.27. The van der Waals surface area contributed by atoms with Crippen LogP contribution in [-0.2, 0) is 0 Å². The average Bonchev–Trinajstić information content (AvgIpc) is 2.73. The minimum absolute atomic E-state index is 0.177. The molecule has 1 N–H and O–H groups in total. The average molecular weight is 394 g/mol. The maximum atomic E-state index is 13.5. The van der Waals surface area contributed by atoms with Crippen molar-refractivity contribution in [1.29, 1.82) is 0 Å². The Morgan fingerprint density at radius 2 is 1.90 bits per heavy atom. The summed E-state index contributed by atoms with van der Waals surface area (Å²) in [5.74, 6) is -0.599. The number of carboxylic acid groups (broad SMARTS) is 1. The molecule has 0 amide bonds. The molecule has 2 aromatic carbocycles. The Morgan fingerprint density at radius 1 is 1.14 bits per heavy atom. The lowest BCUT2D eigenvalue weighted by Crippen LogP contribution is -2.52. The van der Waals surface area contributed by atoms with Crippen molar-refractivity contribution in [3.8, 4) is 11.3 Å². The molecule has 29 heavy (non-hydrogen) atoms. The van der Waals surface area contributed by atoms with E-state index in [4.69, 9.17) is 9.97 Å². The van der Waals surface area contributed by atoms with E-state index in [9.17, 15) is 14.3 Å². The lowest BCUT2D eigenvalue weighted by molar-refractivity contribution is 0.0697. The Labute approximate surface area is 168 Å². The fourth-order valence-electron chi connectivity index (χ4n) is 3.81. The molecule has 1 aliphatic rings. The van der Waals surface area contributed by atoms with Gasteiger partial charge in [-0.3, -0.25) is 4.90 Å². The van der Waals surface area contributed by atoms with Crippen molar-refractivity contribution in [1.82, 2.24) is 14.9 Å². The number of nitrogens with zero attached hydrogens (tertiary/aromatic N) is 4. The van der Waals surface area contributed by atoms with Crippen LogP contribution in [0.1, 0.15) is 24.2 Å². The molecule has 1 fully saturated rings. The zero-order valence-electron chi connectivity index (χ0n) is 16.5. The summed E-state index contributed by atoms with van der Waals surface area (Å²) < 4.78 is 13.5. The van der Waals surface area contributed by atoms with Crippen LogP contribution in [0.25, 0.3) is 22.3 Å². The number of aromatic nitrogens is 2. The van der Waals surface area contributed by atoms with Gasteiger partial charge in [-0.2, -0.15) is 0 Å². The minimum Gasteiger partial charge on any atom is -0.478 e. The number of likely N-dealkylation sites (N-methyl/N-ethyl adjacent to an activating group) is 1. The van der Waals surface area contributed by atoms with E-state index < -0.39 is 5.97 Å². The summed E-state index contributed by atoms with van der Waals surface area (Å²) in [5.41, 5.74) is 2.78. The predicted octanol–water partition coefficient (Wildman–Crippen LogP) is 3.66. The second kappa shape index (κ2) is 7.75. The summed E-state index contributed by atoms with van der Waals surface area (Å²) in [5, 5.41) is 9.32. The largest absolute Gasteiger partial charge is 0.478 e. The molecule has 1 unspecified atom stereocenters. The van der Waals surface area contributed by atoms with Crippen LogP contribution in [0.5, 0.6) is 0 Å². The van der Waals surface area contributed by atoms with Gasteiger partial charge in [0.05, 0.1) is 16.6 Å². The van der Waals surface area contributed by atoms with Crippen molar-refractivity contribution in [2.75, 3.05) is 31.1 Å². The molecule has 1 saturated heterocycles. The number of benzene rings is 2. The van der Waals surface area contributed by atoms with E-state index in [0.29, 0.717) is 22.5 Å². The molecule has 0 bridgehead atoms. The van der Waals surface area contributed by atoms with Gasteiger partial charge in [0.2, 0.25) is 0 Å². The highest BCUT2D eigenvalue weighted by molar-refractivity contribution is 5.93. The van der Waals surface area contributed by atoms with Crippen LogP contribution in [-0.4, -0.2) is 58.2 Å². The van der Waals surface area contributed by atoms with Crippen LogP contribution in [0, 0.1) is 5.82 Å². The number of fused-ring (bicyclic) bond motifs is 1. The number of halogens is 1.